The van der Waals surface area contributed by atoms with Gasteiger partial charge in [-0.3, -0.25) is 4.98 Å². The summed E-state index contributed by atoms with van der Waals surface area (Å²) >= 11 is 5.76. The fraction of sp³-hybridized carbons (Fsp3) is 0.444. The van der Waals surface area contributed by atoms with E-state index in [0.29, 0.717) is 5.56 Å². The summed E-state index contributed by atoms with van der Waals surface area (Å²) < 4.78 is 25.2. The number of pyridine rings is 1. The van der Waals surface area contributed by atoms with Gasteiger partial charge in [-0.15, -0.1) is 0 Å². The van der Waals surface area contributed by atoms with Crippen LogP contribution in [0.3, 0.4) is 0 Å². The predicted molar refractivity (Wildman–Crippen MR) is 48.3 cm³/mol. The molecule has 0 N–H and O–H groups in total. The van der Waals surface area contributed by atoms with E-state index >= 15 is 0 Å². The summed E-state index contributed by atoms with van der Waals surface area (Å²) in [5, 5.41) is 0.285. The lowest BCUT2D eigenvalue weighted by atomic mass is 9.86. The number of hydrogen-bond acceptors (Lipinski definition) is 1. The maximum atomic E-state index is 12.6. The molecule has 0 atom stereocenters. The third kappa shape index (κ3) is 1.97. The first kappa shape index (κ1) is 10.4. The van der Waals surface area contributed by atoms with E-state index in [9.17, 15) is 8.78 Å². The zero-order chi connectivity index (χ0) is 10.1. The van der Waals surface area contributed by atoms with Crippen molar-refractivity contribution in [2.75, 3.05) is 0 Å². The summed E-state index contributed by atoms with van der Waals surface area (Å²) in [7, 11) is 0. The topological polar surface area (TPSA) is 12.9 Å². The minimum atomic E-state index is -2.44. The highest BCUT2D eigenvalue weighted by atomic mass is 35.5. The summed E-state index contributed by atoms with van der Waals surface area (Å²) in [5.41, 5.74) is -0.792. The Morgan fingerprint density at radius 1 is 1.46 bits per heavy atom. The molecule has 0 fully saturated rings. The Bertz CT molecular complexity index is 299. The van der Waals surface area contributed by atoms with E-state index in [1.54, 1.807) is 0 Å². The van der Waals surface area contributed by atoms with E-state index in [-0.39, 0.29) is 5.02 Å². The van der Waals surface area contributed by atoms with Crippen molar-refractivity contribution in [1.29, 1.82) is 0 Å². The van der Waals surface area contributed by atoms with Crippen LogP contribution in [0, 0.1) is 0 Å². The van der Waals surface area contributed by atoms with Crippen molar-refractivity contribution in [2.24, 2.45) is 0 Å². The number of nitrogens with zero attached hydrogens (tertiary/aromatic N) is 1. The van der Waals surface area contributed by atoms with E-state index in [4.69, 9.17) is 11.6 Å². The summed E-state index contributed by atoms with van der Waals surface area (Å²) in [6.07, 6.45) is 0.402. The van der Waals surface area contributed by atoms with Gasteiger partial charge in [-0.1, -0.05) is 25.4 Å². The zero-order valence-corrected chi connectivity index (χ0v) is 8.15. The average Bonchev–Trinajstić information content (AvgIpc) is 2.04. The molecule has 1 rings (SSSR count). The van der Waals surface area contributed by atoms with Crippen molar-refractivity contribution >= 4 is 11.6 Å². The van der Waals surface area contributed by atoms with Crippen LogP contribution >= 0.6 is 11.6 Å². The van der Waals surface area contributed by atoms with E-state index in [1.807, 2.05) is 0 Å². The molecule has 0 saturated heterocycles. The SMILES string of the molecule is CC(C)(c1ccncc1Cl)C(F)F. The molecule has 0 bridgehead atoms. The van der Waals surface area contributed by atoms with Gasteiger partial charge in [0.25, 0.3) is 0 Å². The fourth-order valence-corrected chi connectivity index (χ4v) is 1.38. The molecule has 4 heteroatoms. The van der Waals surface area contributed by atoms with Crippen LogP contribution in [-0.2, 0) is 5.41 Å². The van der Waals surface area contributed by atoms with Crippen molar-refractivity contribution in [2.45, 2.75) is 25.7 Å². The summed E-state index contributed by atoms with van der Waals surface area (Å²) in [6.45, 7) is 2.91. The zero-order valence-electron chi connectivity index (χ0n) is 7.39. The van der Waals surface area contributed by atoms with Crippen LogP contribution in [0.25, 0.3) is 0 Å². The van der Waals surface area contributed by atoms with Crippen LogP contribution in [-0.4, -0.2) is 11.4 Å². The first-order valence-corrected chi connectivity index (χ1v) is 4.22. The molecule has 0 aromatic carbocycles. The largest absolute Gasteiger partial charge is 0.263 e. The van der Waals surface area contributed by atoms with Crippen LogP contribution in [0.4, 0.5) is 8.78 Å². The minimum Gasteiger partial charge on any atom is -0.263 e. The molecule has 0 unspecified atom stereocenters. The van der Waals surface area contributed by atoms with Crippen LogP contribution in [0.2, 0.25) is 5.02 Å². The molecule has 0 aliphatic heterocycles. The van der Waals surface area contributed by atoms with Crippen LogP contribution in [0.5, 0.6) is 0 Å². The summed E-state index contributed by atoms with van der Waals surface area (Å²) in [5.74, 6) is 0. The molecule has 0 radical (unpaired) electrons. The molecule has 1 aromatic rings. The second-order valence-corrected chi connectivity index (χ2v) is 3.79. The molecule has 0 aliphatic rings. The first-order chi connectivity index (χ1) is 5.96. The highest BCUT2D eigenvalue weighted by Crippen LogP contribution is 2.33. The van der Waals surface area contributed by atoms with E-state index in [1.165, 1.54) is 32.3 Å². The standard InChI is InChI=1S/C9H10ClF2N/c1-9(2,8(11)12)6-3-4-13-5-7(6)10/h3-5,8H,1-2H3. The molecule has 0 aliphatic carbocycles. The summed E-state index contributed by atoms with van der Waals surface area (Å²) in [4.78, 5) is 3.74. The van der Waals surface area contributed by atoms with Crippen molar-refractivity contribution in [3.8, 4) is 0 Å². The maximum Gasteiger partial charge on any atom is 0.247 e. The second kappa shape index (κ2) is 3.58. The molecular formula is C9H10ClF2N. The number of rotatable bonds is 2. The summed E-state index contributed by atoms with van der Waals surface area (Å²) in [6, 6.07) is 1.52. The minimum absolute atomic E-state index is 0.285. The van der Waals surface area contributed by atoms with Crippen molar-refractivity contribution < 1.29 is 8.78 Å². The highest BCUT2D eigenvalue weighted by molar-refractivity contribution is 6.31. The monoisotopic (exact) mass is 205 g/mol. The van der Waals surface area contributed by atoms with Gasteiger partial charge in [0.15, 0.2) is 0 Å². The molecule has 0 amide bonds. The smallest absolute Gasteiger partial charge is 0.247 e. The second-order valence-electron chi connectivity index (χ2n) is 3.38. The highest BCUT2D eigenvalue weighted by Gasteiger charge is 2.33. The van der Waals surface area contributed by atoms with Gasteiger partial charge >= 0.3 is 0 Å². The Hall–Kier alpha value is -0.700. The lowest BCUT2D eigenvalue weighted by molar-refractivity contribution is 0.0694. The van der Waals surface area contributed by atoms with Gasteiger partial charge in [-0.05, 0) is 11.6 Å². The van der Waals surface area contributed by atoms with Crippen molar-refractivity contribution in [3.05, 3.63) is 29.0 Å². The number of hydrogen-bond donors (Lipinski definition) is 0. The van der Waals surface area contributed by atoms with Crippen LogP contribution < -0.4 is 0 Å². The molecule has 0 spiro atoms. The Morgan fingerprint density at radius 2 is 2.08 bits per heavy atom. The van der Waals surface area contributed by atoms with E-state index in [2.05, 4.69) is 4.98 Å². The molecule has 1 heterocycles. The Kier molecular flexibility index (Phi) is 2.86. The first-order valence-electron chi connectivity index (χ1n) is 3.84. The van der Waals surface area contributed by atoms with Gasteiger partial charge in [-0.25, -0.2) is 8.78 Å². The van der Waals surface area contributed by atoms with Gasteiger partial charge in [-0.2, -0.15) is 0 Å². The van der Waals surface area contributed by atoms with Crippen LogP contribution in [0.1, 0.15) is 19.4 Å². The fourth-order valence-electron chi connectivity index (χ4n) is 1.02. The average molecular weight is 206 g/mol. The van der Waals surface area contributed by atoms with Gasteiger partial charge < -0.3 is 0 Å². The van der Waals surface area contributed by atoms with Gasteiger partial charge in [0.1, 0.15) is 0 Å². The maximum absolute atomic E-state index is 12.6. The Balaban J connectivity index is 3.14. The number of aromatic nitrogens is 1. The molecular weight excluding hydrogens is 196 g/mol. The predicted octanol–water partition coefficient (Wildman–Crippen LogP) is 3.28. The van der Waals surface area contributed by atoms with Gasteiger partial charge in [0.2, 0.25) is 6.43 Å². The van der Waals surface area contributed by atoms with Crippen LogP contribution in [0.15, 0.2) is 18.5 Å². The molecule has 72 valence electrons. The Morgan fingerprint density at radius 3 is 2.54 bits per heavy atom. The lowest BCUT2D eigenvalue weighted by Gasteiger charge is -2.24. The van der Waals surface area contributed by atoms with E-state index < -0.39 is 11.8 Å². The molecule has 1 aromatic heterocycles. The third-order valence-corrected chi connectivity index (χ3v) is 2.31. The molecule has 13 heavy (non-hydrogen) atoms. The van der Waals surface area contributed by atoms with Crippen molar-refractivity contribution in [3.63, 3.8) is 0 Å². The quantitative estimate of drug-likeness (QED) is 0.722. The third-order valence-electron chi connectivity index (χ3n) is 2.01. The van der Waals surface area contributed by atoms with Gasteiger partial charge in [0, 0.05) is 12.4 Å². The normalized spacial score (nSPS) is 12.2. The Labute approximate surface area is 80.7 Å². The number of halogens is 3. The molecule has 0 saturated carbocycles. The molecule has 1 nitrogen and oxygen atoms in total. The van der Waals surface area contributed by atoms with Crippen molar-refractivity contribution in [1.82, 2.24) is 4.98 Å². The van der Waals surface area contributed by atoms with E-state index in [0.717, 1.165) is 0 Å². The lowest BCUT2D eigenvalue weighted by Crippen LogP contribution is -2.27. The van der Waals surface area contributed by atoms with Gasteiger partial charge in [0.05, 0.1) is 10.4 Å². The number of alkyl halides is 2.